The van der Waals surface area contributed by atoms with Crippen molar-refractivity contribution in [1.29, 1.82) is 0 Å². The largest absolute Gasteiger partial charge is 0.545 e. The van der Waals surface area contributed by atoms with E-state index < -0.39 is 11.3 Å². The number of amides is 2. The van der Waals surface area contributed by atoms with E-state index >= 15 is 0 Å². The molecule has 1 aliphatic rings. The van der Waals surface area contributed by atoms with Crippen LogP contribution in [0.1, 0.15) is 21.5 Å². The average molecular weight is 355 g/mol. The first kappa shape index (κ1) is 17.0. The molecule has 1 heterocycles. The Balaban J connectivity index is 1.78. The van der Waals surface area contributed by atoms with Crippen molar-refractivity contribution in [3.8, 4) is 0 Å². The highest BCUT2D eigenvalue weighted by atomic mass is 32.2. The number of nitrogens with zero attached hydrogens (tertiary/aromatic N) is 1. The zero-order chi connectivity index (χ0) is 18.1. The van der Waals surface area contributed by atoms with Gasteiger partial charge in [-0.1, -0.05) is 18.2 Å². The zero-order valence-electron chi connectivity index (χ0n) is 13.6. The Bertz CT molecular complexity index is 864. The number of carbonyl (C=O) groups excluding carboxylic acids is 3. The second kappa shape index (κ2) is 6.60. The number of hydrogen-bond donors (Lipinski definition) is 1. The highest BCUT2D eigenvalue weighted by Gasteiger charge is 2.40. The minimum Gasteiger partial charge on any atom is -0.545 e. The first-order valence-electron chi connectivity index (χ1n) is 7.56. The molecule has 25 heavy (non-hydrogen) atoms. The molecule has 3 rings (SSSR count). The third kappa shape index (κ3) is 3.36. The first-order chi connectivity index (χ1) is 11.9. The second-order valence-electron chi connectivity index (χ2n) is 5.72. The van der Waals surface area contributed by atoms with E-state index in [-0.39, 0.29) is 16.7 Å². The molecule has 1 N–H and O–H groups in total. The van der Waals surface area contributed by atoms with Gasteiger partial charge in [-0.25, -0.2) is 4.90 Å². The number of carboxylic acid groups (broad SMARTS) is 1. The Morgan fingerprint density at radius 2 is 1.76 bits per heavy atom. The van der Waals surface area contributed by atoms with Crippen molar-refractivity contribution in [2.24, 2.45) is 0 Å². The molecule has 0 bridgehead atoms. The van der Waals surface area contributed by atoms with E-state index in [2.05, 4.69) is 5.32 Å². The maximum atomic E-state index is 12.6. The lowest BCUT2D eigenvalue weighted by Gasteiger charge is -2.16. The van der Waals surface area contributed by atoms with Crippen molar-refractivity contribution in [2.75, 3.05) is 10.2 Å². The van der Waals surface area contributed by atoms with Crippen molar-refractivity contribution < 1.29 is 19.5 Å². The van der Waals surface area contributed by atoms with Crippen LogP contribution in [0.25, 0.3) is 0 Å². The molecule has 1 saturated heterocycles. The smallest absolute Gasteiger partial charge is 0.295 e. The van der Waals surface area contributed by atoms with Crippen LogP contribution in [0, 0.1) is 13.8 Å². The molecule has 128 valence electrons. The number of aryl methyl sites for hydroxylation is 2. The van der Waals surface area contributed by atoms with Crippen LogP contribution in [0.15, 0.2) is 42.5 Å². The van der Waals surface area contributed by atoms with E-state index in [1.165, 1.54) is 24.3 Å². The number of benzene rings is 2. The van der Waals surface area contributed by atoms with Crippen LogP contribution in [0.2, 0.25) is 0 Å². The van der Waals surface area contributed by atoms with Crippen LogP contribution in [-0.4, -0.2) is 22.5 Å². The molecule has 0 unspecified atom stereocenters. The summed E-state index contributed by atoms with van der Waals surface area (Å²) in [4.78, 5) is 36.8. The minimum absolute atomic E-state index is 0.0452. The third-order valence-corrected chi connectivity index (χ3v) is 4.95. The van der Waals surface area contributed by atoms with Gasteiger partial charge in [-0.15, -0.1) is 0 Å². The van der Waals surface area contributed by atoms with Crippen molar-refractivity contribution in [1.82, 2.24) is 0 Å². The molecule has 0 aliphatic carbocycles. The van der Waals surface area contributed by atoms with Gasteiger partial charge in [0.05, 0.1) is 11.7 Å². The lowest BCUT2D eigenvalue weighted by Crippen LogP contribution is -2.34. The Morgan fingerprint density at radius 1 is 1.08 bits per heavy atom. The molecule has 1 fully saturated rings. The summed E-state index contributed by atoms with van der Waals surface area (Å²) in [6.45, 7) is 3.88. The summed E-state index contributed by atoms with van der Waals surface area (Å²) in [5, 5.41) is 12.6. The second-order valence-corrected chi connectivity index (χ2v) is 6.77. The van der Waals surface area contributed by atoms with E-state index in [0.29, 0.717) is 11.4 Å². The van der Waals surface area contributed by atoms with Gasteiger partial charge >= 0.3 is 0 Å². The fourth-order valence-electron chi connectivity index (χ4n) is 2.45. The predicted octanol–water partition coefficient (Wildman–Crippen LogP) is 2.30. The minimum atomic E-state index is -1.27. The summed E-state index contributed by atoms with van der Waals surface area (Å²) >= 11 is 0.890. The molecule has 0 radical (unpaired) electrons. The third-order valence-electron chi connectivity index (χ3n) is 4.01. The molecular formula is C18H15N2O4S-. The van der Waals surface area contributed by atoms with Crippen LogP contribution >= 0.6 is 11.8 Å². The van der Waals surface area contributed by atoms with Gasteiger partial charge in [0, 0.05) is 5.69 Å². The molecule has 0 saturated carbocycles. The quantitative estimate of drug-likeness (QED) is 0.905. The lowest BCUT2D eigenvalue weighted by molar-refractivity contribution is -0.255. The monoisotopic (exact) mass is 355 g/mol. The standard InChI is InChI=1S/C18H16N2O4S/c1-10-3-8-14(9-11(10)2)20-16(21)15(25-18(20)24)19-13-6-4-12(5-7-13)17(22)23/h3-9,15,19H,1-2H3,(H,22,23)/p-1/t15-/m1/s1. The van der Waals surface area contributed by atoms with E-state index in [9.17, 15) is 19.5 Å². The van der Waals surface area contributed by atoms with Gasteiger partial charge in [-0.05, 0) is 66.6 Å². The number of imide groups is 1. The molecule has 0 spiro atoms. The number of carboxylic acids is 1. The maximum absolute atomic E-state index is 12.6. The number of rotatable bonds is 4. The predicted molar refractivity (Wildman–Crippen MR) is 94.6 cm³/mol. The van der Waals surface area contributed by atoms with Crippen molar-refractivity contribution >= 4 is 40.3 Å². The highest BCUT2D eigenvalue weighted by Crippen LogP contribution is 2.33. The fourth-order valence-corrected chi connectivity index (χ4v) is 3.36. The zero-order valence-corrected chi connectivity index (χ0v) is 14.4. The number of thioether (sulfide) groups is 1. The number of nitrogens with one attached hydrogen (secondary N) is 1. The summed E-state index contributed by atoms with van der Waals surface area (Å²) in [6.07, 6.45) is 0. The number of anilines is 2. The Morgan fingerprint density at radius 3 is 2.36 bits per heavy atom. The topological polar surface area (TPSA) is 89.5 Å². The molecule has 6 nitrogen and oxygen atoms in total. The van der Waals surface area contributed by atoms with Gasteiger partial charge in [0.15, 0.2) is 5.37 Å². The van der Waals surface area contributed by atoms with E-state index in [0.717, 1.165) is 27.8 Å². The fraction of sp³-hybridized carbons (Fsp3) is 0.167. The van der Waals surface area contributed by atoms with E-state index in [4.69, 9.17) is 0 Å². The summed E-state index contributed by atoms with van der Waals surface area (Å²) in [5.74, 6) is -1.63. The van der Waals surface area contributed by atoms with Crippen LogP contribution in [0.3, 0.4) is 0 Å². The normalized spacial score (nSPS) is 17.0. The molecule has 7 heteroatoms. The van der Waals surface area contributed by atoms with Crippen molar-refractivity contribution in [3.05, 3.63) is 59.2 Å². The van der Waals surface area contributed by atoms with Gasteiger partial charge in [-0.3, -0.25) is 9.59 Å². The maximum Gasteiger partial charge on any atom is 0.295 e. The number of hydrogen-bond acceptors (Lipinski definition) is 6. The summed E-state index contributed by atoms with van der Waals surface area (Å²) < 4.78 is 0. The van der Waals surface area contributed by atoms with Crippen molar-refractivity contribution in [3.63, 3.8) is 0 Å². The van der Waals surface area contributed by atoms with E-state index in [1.54, 1.807) is 6.07 Å². The Kier molecular flexibility index (Phi) is 4.50. The van der Waals surface area contributed by atoms with Crippen molar-refractivity contribution in [2.45, 2.75) is 19.2 Å². The molecule has 1 atom stereocenters. The SMILES string of the molecule is Cc1ccc(N2C(=O)S[C@@H](Nc3ccc(C(=O)[O-])cc3)C2=O)cc1C. The Hall–Kier alpha value is -2.80. The van der Waals surface area contributed by atoms with Gasteiger partial charge < -0.3 is 15.2 Å². The van der Waals surface area contributed by atoms with E-state index in [1.807, 2.05) is 26.0 Å². The molecule has 2 aromatic rings. The van der Waals surface area contributed by atoms with Gasteiger partial charge in [0.1, 0.15) is 0 Å². The lowest BCUT2D eigenvalue weighted by atomic mass is 10.1. The van der Waals surface area contributed by atoms with Crippen LogP contribution in [-0.2, 0) is 4.79 Å². The van der Waals surface area contributed by atoms with Gasteiger partial charge in [0.25, 0.3) is 11.1 Å². The van der Waals surface area contributed by atoms with Crippen LogP contribution in [0.4, 0.5) is 16.2 Å². The van der Waals surface area contributed by atoms with Crippen LogP contribution in [0.5, 0.6) is 0 Å². The summed E-state index contributed by atoms with van der Waals surface area (Å²) in [6, 6.07) is 11.2. The Labute approximate surface area is 148 Å². The number of carbonyl (C=O) groups is 3. The number of aromatic carboxylic acids is 1. The first-order valence-corrected chi connectivity index (χ1v) is 8.44. The molecule has 2 amide bonds. The van der Waals surface area contributed by atoms with Gasteiger partial charge in [-0.2, -0.15) is 0 Å². The molecule has 0 aromatic heterocycles. The summed E-state index contributed by atoms with van der Waals surface area (Å²) in [5.41, 5.74) is 3.21. The molecular weight excluding hydrogens is 340 g/mol. The molecule has 1 aliphatic heterocycles. The average Bonchev–Trinajstić information content (AvgIpc) is 2.85. The van der Waals surface area contributed by atoms with Gasteiger partial charge in [0.2, 0.25) is 0 Å². The summed E-state index contributed by atoms with van der Waals surface area (Å²) in [7, 11) is 0. The highest BCUT2D eigenvalue weighted by molar-refractivity contribution is 8.16. The van der Waals surface area contributed by atoms with Crippen LogP contribution < -0.4 is 15.3 Å². The molecule has 2 aromatic carbocycles.